The number of amides is 1. The fourth-order valence-electron chi connectivity index (χ4n) is 2.05. The lowest BCUT2D eigenvalue weighted by atomic mass is 9.99. The van der Waals surface area contributed by atoms with E-state index in [1.54, 1.807) is 6.92 Å². The van der Waals surface area contributed by atoms with Gasteiger partial charge in [-0.05, 0) is 36.5 Å². The molecule has 0 aliphatic rings. The zero-order valence-electron chi connectivity index (χ0n) is 12.8. The molecule has 0 saturated heterocycles. The lowest BCUT2D eigenvalue weighted by Gasteiger charge is -2.15. The molecule has 1 amide bonds. The fraction of sp³-hybridized carbons (Fsp3) is 0.562. The molecular formula is C16H22F3NO2. The van der Waals surface area contributed by atoms with E-state index in [1.807, 2.05) is 6.92 Å². The third-order valence-electron chi connectivity index (χ3n) is 3.52. The Morgan fingerprint density at radius 2 is 1.82 bits per heavy atom. The third-order valence-corrected chi connectivity index (χ3v) is 3.52. The number of halogens is 3. The van der Waals surface area contributed by atoms with Gasteiger partial charge < -0.3 is 10.4 Å². The van der Waals surface area contributed by atoms with Gasteiger partial charge in [0, 0.05) is 19.1 Å². The van der Waals surface area contributed by atoms with Gasteiger partial charge in [-0.25, -0.2) is 0 Å². The van der Waals surface area contributed by atoms with Crippen molar-refractivity contribution in [2.24, 2.45) is 11.8 Å². The summed E-state index contributed by atoms with van der Waals surface area (Å²) in [5.74, 6) is -0.269. The Bertz CT molecular complexity index is 471. The first kappa shape index (κ1) is 18.5. The van der Waals surface area contributed by atoms with Gasteiger partial charge >= 0.3 is 6.18 Å². The highest BCUT2D eigenvalue weighted by Gasteiger charge is 2.30. The van der Waals surface area contributed by atoms with Crippen molar-refractivity contribution in [3.05, 3.63) is 35.4 Å². The van der Waals surface area contributed by atoms with E-state index in [0.29, 0.717) is 24.9 Å². The van der Waals surface area contributed by atoms with Crippen molar-refractivity contribution < 1.29 is 23.1 Å². The SMILES string of the molecule is CC(CCO)CNC(=O)C(C)Cc1ccc(C(F)(F)F)cc1. The van der Waals surface area contributed by atoms with Gasteiger partial charge in [-0.15, -0.1) is 0 Å². The highest BCUT2D eigenvalue weighted by Crippen LogP contribution is 2.29. The zero-order valence-corrected chi connectivity index (χ0v) is 12.8. The second kappa shape index (κ2) is 8.17. The van der Waals surface area contributed by atoms with Crippen molar-refractivity contribution in [2.45, 2.75) is 32.9 Å². The van der Waals surface area contributed by atoms with E-state index >= 15 is 0 Å². The van der Waals surface area contributed by atoms with E-state index in [9.17, 15) is 18.0 Å². The van der Waals surface area contributed by atoms with Crippen LogP contribution in [0.1, 0.15) is 31.4 Å². The van der Waals surface area contributed by atoms with Crippen LogP contribution in [0.2, 0.25) is 0 Å². The number of carbonyl (C=O) groups excluding carboxylic acids is 1. The summed E-state index contributed by atoms with van der Waals surface area (Å²) in [5.41, 5.74) is 0.00485. The molecule has 1 rings (SSSR count). The minimum absolute atomic E-state index is 0.0815. The van der Waals surface area contributed by atoms with E-state index in [0.717, 1.165) is 12.1 Å². The van der Waals surface area contributed by atoms with Gasteiger partial charge in [0.15, 0.2) is 0 Å². The maximum atomic E-state index is 12.5. The van der Waals surface area contributed by atoms with Crippen LogP contribution in [0, 0.1) is 11.8 Å². The van der Waals surface area contributed by atoms with E-state index < -0.39 is 11.7 Å². The first-order valence-electron chi connectivity index (χ1n) is 7.28. The Hall–Kier alpha value is -1.56. The smallest absolute Gasteiger partial charge is 0.396 e. The molecule has 22 heavy (non-hydrogen) atoms. The summed E-state index contributed by atoms with van der Waals surface area (Å²) < 4.78 is 37.4. The number of benzene rings is 1. The lowest BCUT2D eigenvalue weighted by Crippen LogP contribution is -2.33. The van der Waals surface area contributed by atoms with Crippen LogP contribution in [-0.4, -0.2) is 24.2 Å². The first-order chi connectivity index (χ1) is 10.2. The summed E-state index contributed by atoms with van der Waals surface area (Å²) in [6.45, 7) is 4.23. The van der Waals surface area contributed by atoms with E-state index in [2.05, 4.69) is 5.32 Å². The van der Waals surface area contributed by atoms with E-state index in [-0.39, 0.29) is 24.3 Å². The molecule has 2 unspecified atom stereocenters. The lowest BCUT2D eigenvalue weighted by molar-refractivity contribution is -0.137. The van der Waals surface area contributed by atoms with Gasteiger partial charge in [0.2, 0.25) is 5.91 Å². The predicted octanol–water partition coefficient (Wildman–Crippen LogP) is 3.02. The minimum atomic E-state index is -4.34. The van der Waals surface area contributed by atoms with Gasteiger partial charge in [0.1, 0.15) is 0 Å². The molecule has 0 aliphatic carbocycles. The fourth-order valence-corrected chi connectivity index (χ4v) is 2.05. The summed E-state index contributed by atoms with van der Waals surface area (Å²) in [6.07, 6.45) is -3.34. The van der Waals surface area contributed by atoms with Crippen LogP contribution < -0.4 is 5.32 Å². The second-order valence-electron chi connectivity index (χ2n) is 5.66. The number of hydrogen-bond donors (Lipinski definition) is 2. The van der Waals surface area contributed by atoms with Crippen molar-refractivity contribution in [2.75, 3.05) is 13.2 Å². The Morgan fingerprint density at radius 3 is 2.32 bits per heavy atom. The summed E-state index contributed by atoms with van der Waals surface area (Å²) in [4.78, 5) is 11.9. The van der Waals surface area contributed by atoms with Crippen LogP contribution in [0.3, 0.4) is 0 Å². The second-order valence-corrected chi connectivity index (χ2v) is 5.66. The molecule has 0 fully saturated rings. The van der Waals surface area contributed by atoms with Crippen molar-refractivity contribution in [1.82, 2.24) is 5.32 Å². The van der Waals surface area contributed by atoms with Crippen molar-refractivity contribution in [3.63, 3.8) is 0 Å². The number of nitrogens with one attached hydrogen (secondary N) is 1. The number of hydrogen-bond acceptors (Lipinski definition) is 2. The number of aliphatic hydroxyl groups is 1. The van der Waals surface area contributed by atoms with Gasteiger partial charge in [-0.1, -0.05) is 26.0 Å². The average molecular weight is 317 g/mol. The minimum Gasteiger partial charge on any atom is -0.396 e. The largest absolute Gasteiger partial charge is 0.416 e. The van der Waals surface area contributed by atoms with Gasteiger partial charge in [-0.3, -0.25) is 4.79 Å². The van der Waals surface area contributed by atoms with E-state index in [4.69, 9.17) is 5.11 Å². The van der Waals surface area contributed by atoms with Crippen LogP contribution in [0.4, 0.5) is 13.2 Å². The molecule has 2 N–H and O–H groups in total. The average Bonchev–Trinajstić information content (AvgIpc) is 2.44. The number of alkyl halides is 3. The monoisotopic (exact) mass is 317 g/mol. The molecule has 0 heterocycles. The van der Waals surface area contributed by atoms with Crippen molar-refractivity contribution in [1.29, 1.82) is 0 Å². The zero-order chi connectivity index (χ0) is 16.8. The molecule has 0 bridgehead atoms. The van der Waals surface area contributed by atoms with Crippen LogP contribution in [0.15, 0.2) is 24.3 Å². The van der Waals surface area contributed by atoms with Crippen LogP contribution in [0.5, 0.6) is 0 Å². The first-order valence-corrected chi connectivity index (χ1v) is 7.28. The van der Waals surface area contributed by atoms with E-state index in [1.165, 1.54) is 12.1 Å². The Kier molecular flexibility index (Phi) is 6.87. The maximum Gasteiger partial charge on any atom is 0.416 e. The Labute approximate surface area is 128 Å². The molecule has 1 aromatic carbocycles. The predicted molar refractivity (Wildman–Crippen MR) is 78.2 cm³/mol. The van der Waals surface area contributed by atoms with Crippen LogP contribution >= 0.6 is 0 Å². The molecule has 0 aromatic heterocycles. The quantitative estimate of drug-likeness (QED) is 0.812. The van der Waals surface area contributed by atoms with Crippen LogP contribution in [0.25, 0.3) is 0 Å². The number of rotatable bonds is 7. The van der Waals surface area contributed by atoms with Gasteiger partial charge in [0.05, 0.1) is 5.56 Å². The van der Waals surface area contributed by atoms with Crippen molar-refractivity contribution in [3.8, 4) is 0 Å². The maximum absolute atomic E-state index is 12.5. The summed E-state index contributed by atoms with van der Waals surface area (Å²) in [7, 11) is 0. The topological polar surface area (TPSA) is 49.3 Å². The normalized spacial score (nSPS) is 14.5. The highest BCUT2D eigenvalue weighted by atomic mass is 19.4. The summed E-state index contributed by atoms with van der Waals surface area (Å²) in [6, 6.07) is 4.87. The number of aliphatic hydroxyl groups excluding tert-OH is 1. The van der Waals surface area contributed by atoms with Crippen molar-refractivity contribution >= 4 is 5.91 Å². The molecular weight excluding hydrogens is 295 g/mol. The standard InChI is InChI=1S/C16H22F3NO2/c1-11(7-8-21)10-20-15(22)12(2)9-13-3-5-14(6-4-13)16(17,18)19/h3-6,11-12,21H,7-10H2,1-2H3,(H,20,22). The molecule has 0 spiro atoms. The van der Waals surface area contributed by atoms with Gasteiger partial charge in [-0.2, -0.15) is 13.2 Å². The molecule has 0 radical (unpaired) electrons. The molecule has 1 aromatic rings. The molecule has 124 valence electrons. The molecule has 0 aliphatic heterocycles. The molecule has 2 atom stereocenters. The van der Waals surface area contributed by atoms with Crippen LogP contribution in [-0.2, 0) is 17.4 Å². The Morgan fingerprint density at radius 1 is 1.23 bits per heavy atom. The Balaban J connectivity index is 2.50. The third kappa shape index (κ3) is 6.05. The summed E-state index contributed by atoms with van der Waals surface area (Å²) >= 11 is 0. The molecule has 6 heteroatoms. The summed E-state index contributed by atoms with van der Waals surface area (Å²) in [5, 5.41) is 11.6. The highest BCUT2D eigenvalue weighted by molar-refractivity contribution is 5.78. The van der Waals surface area contributed by atoms with Gasteiger partial charge in [0.25, 0.3) is 0 Å². The molecule has 3 nitrogen and oxygen atoms in total. The molecule has 0 saturated carbocycles. The number of carbonyl (C=O) groups is 1.